The highest BCUT2D eigenvalue weighted by atomic mass is 32.2. The van der Waals surface area contributed by atoms with Gasteiger partial charge in [0.15, 0.2) is 0 Å². The second-order valence-corrected chi connectivity index (χ2v) is 12.0. The molecule has 3 rings (SSSR count). The first kappa shape index (κ1) is 21.9. The number of nitrogens with zero attached hydrogens (tertiary/aromatic N) is 2. The Labute approximate surface area is 175 Å². The Kier molecular flexibility index (Phi) is 6.35. The maximum absolute atomic E-state index is 12.9. The Morgan fingerprint density at radius 2 is 2.04 bits per heavy atom. The number of hydrogen-bond donors (Lipinski definition) is 1. The third-order valence-corrected chi connectivity index (χ3v) is 8.53. The number of piperidine rings is 1. The van der Waals surface area contributed by atoms with Gasteiger partial charge in [0.25, 0.3) is 0 Å². The highest BCUT2D eigenvalue weighted by Gasteiger charge is 2.52. The number of ether oxygens (including phenoxy) is 1. The van der Waals surface area contributed by atoms with Crippen molar-refractivity contribution in [3.8, 4) is 0 Å². The molecule has 6 nitrogen and oxygen atoms in total. The zero-order valence-corrected chi connectivity index (χ0v) is 19.4. The monoisotopic (exact) mass is 427 g/mol. The Balaban J connectivity index is 1.72. The molecule has 1 aromatic rings. The van der Waals surface area contributed by atoms with E-state index >= 15 is 0 Å². The first-order chi connectivity index (χ1) is 13.0. The first-order valence-corrected chi connectivity index (χ1v) is 12.2. The van der Waals surface area contributed by atoms with Crippen LogP contribution in [-0.4, -0.2) is 44.5 Å². The smallest absolute Gasteiger partial charge is 0.410 e. The number of hydrogen-bond acceptors (Lipinski definition) is 6. The summed E-state index contributed by atoms with van der Waals surface area (Å²) in [7, 11) is 0. The van der Waals surface area contributed by atoms with Crippen LogP contribution in [0.25, 0.3) is 0 Å². The topological polar surface area (TPSA) is 77.5 Å². The second kappa shape index (κ2) is 8.13. The molecule has 1 aliphatic heterocycles. The summed E-state index contributed by atoms with van der Waals surface area (Å²) in [6.07, 6.45) is 2.43. The fourth-order valence-corrected chi connectivity index (χ4v) is 6.20. The zero-order valence-electron chi connectivity index (χ0n) is 17.8. The molecule has 1 N–H and O–H groups in total. The fraction of sp³-hybridized carbons (Fsp3) is 0.800. The van der Waals surface area contributed by atoms with Gasteiger partial charge in [-0.1, -0.05) is 13.8 Å². The molecule has 1 amide bonds. The normalized spacial score (nSPS) is 23.7. The molecule has 2 heterocycles. The van der Waals surface area contributed by atoms with E-state index in [2.05, 4.69) is 23.6 Å². The van der Waals surface area contributed by atoms with Crippen LogP contribution in [0.3, 0.4) is 0 Å². The summed E-state index contributed by atoms with van der Waals surface area (Å²) < 4.78 is 21.9. The molecule has 158 valence electrons. The van der Waals surface area contributed by atoms with Crippen molar-refractivity contribution in [1.29, 1.82) is 0 Å². The highest BCUT2D eigenvalue weighted by molar-refractivity contribution is 7.90. The molecule has 8 heteroatoms. The van der Waals surface area contributed by atoms with E-state index in [9.17, 15) is 9.35 Å². The number of carbonyl (C=O) groups is 1. The molecule has 0 radical (unpaired) electrons. The lowest BCUT2D eigenvalue weighted by molar-refractivity contribution is 0.00707. The van der Waals surface area contributed by atoms with Crippen LogP contribution in [-0.2, 0) is 22.5 Å². The zero-order chi connectivity index (χ0) is 20.7. The van der Waals surface area contributed by atoms with Crippen molar-refractivity contribution in [2.45, 2.75) is 77.7 Å². The van der Waals surface area contributed by atoms with Crippen LogP contribution < -0.4 is 4.72 Å². The van der Waals surface area contributed by atoms with Gasteiger partial charge in [-0.25, -0.2) is 9.78 Å². The molecule has 0 bridgehead atoms. The lowest BCUT2D eigenvalue weighted by Crippen LogP contribution is -2.50. The predicted molar refractivity (Wildman–Crippen MR) is 114 cm³/mol. The van der Waals surface area contributed by atoms with E-state index in [0.29, 0.717) is 19.0 Å². The largest absolute Gasteiger partial charge is 0.598 e. The molecule has 0 saturated carbocycles. The maximum atomic E-state index is 12.9. The molecule has 2 unspecified atom stereocenters. The number of thiazole rings is 1. The standard InChI is InChI=1S/C20H33N3O3S2/c1-13(2)14(3)28(25)22-17-16-15(27-12-21-16)11-20(17)7-9-23(10-8-20)18(24)26-19(4,5)6/h12-14,17,22H,7-11H2,1-6H3/t14?,17-,28?/m1/s1. The Bertz CT molecular complexity index is 693. The van der Waals surface area contributed by atoms with Crippen molar-refractivity contribution in [2.24, 2.45) is 11.3 Å². The Hall–Kier alpha value is -0.830. The molecular formula is C20H33N3O3S2. The number of aromatic nitrogens is 1. The first-order valence-electron chi connectivity index (χ1n) is 10.1. The van der Waals surface area contributed by atoms with E-state index in [1.165, 1.54) is 4.88 Å². The Morgan fingerprint density at radius 1 is 1.39 bits per heavy atom. The van der Waals surface area contributed by atoms with E-state index in [0.717, 1.165) is 25.0 Å². The number of amides is 1. The molecule has 3 atom stereocenters. The number of carbonyl (C=O) groups excluding carboxylic acids is 1. The summed E-state index contributed by atoms with van der Waals surface area (Å²) in [6, 6.07) is -0.0171. The van der Waals surface area contributed by atoms with Gasteiger partial charge in [0.1, 0.15) is 16.9 Å². The van der Waals surface area contributed by atoms with Crippen LogP contribution in [0.5, 0.6) is 0 Å². The molecule has 1 aliphatic carbocycles. The quantitative estimate of drug-likeness (QED) is 0.733. The summed E-state index contributed by atoms with van der Waals surface area (Å²) in [4.78, 5) is 20.1. The van der Waals surface area contributed by atoms with Crippen LogP contribution in [0.4, 0.5) is 4.79 Å². The summed E-state index contributed by atoms with van der Waals surface area (Å²) in [5.74, 6) is 0.342. The molecule has 1 spiro atoms. The molecule has 1 fully saturated rings. The molecule has 0 aromatic carbocycles. The number of likely N-dealkylation sites (tertiary alicyclic amines) is 1. The third kappa shape index (κ3) is 4.50. The third-order valence-electron chi connectivity index (χ3n) is 5.99. The second-order valence-electron chi connectivity index (χ2n) is 9.46. The summed E-state index contributed by atoms with van der Waals surface area (Å²) in [5.41, 5.74) is 2.43. The van der Waals surface area contributed by atoms with Gasteiger partial charge in [-0.15, -0.1) is 16.1 Å². The molecule has 28 heavy (non-hydrogen) atoms. The van der Waals surface area contributed by atoms with Crippen molar-refractivity contribution in [1.82, 2.24) is 14.6 Å². The van der Waals surface area contributed by atoms with E-state index in [4.69, 9.17) is 4.74 Å². The van der Waals surface area contributed by atoms with E-state index in [-0.39, 0.29) is 22.8 Å². The summed E-state index contributed by atoms with van der Waals surface area (Å²) in [5, 5.41) is 0.0709. The summed E-state index contributed by atoms with van der Waals surface area (Å²) in [6.45, 7) is 13.2. The van der Waals surface area contributed by atoms with Gasteiger partial charge >= 0.3 is 6.09 Å². The van der Waals surface area contributed by atoms with Gasteiger partial charge in [0.05, 0.1) is 11.2 Å². The average Bonchev–Trinajstić information content (AvgIpc) is 3.14. The fourth-order valence-electron chi connectivity index (χ4n) is 3.94. The minimum atomic E-state index is -1.13. The lowest BCUT2D eigenvalue weighted by Gasteiger charge is -2.43. The van der Waals surface area contributed by atoms with Crippen LogP contribution >= 0.6 is 11.3 Å². The van der Waals surface area contributed by atoms with Crippen molar-refractivity contribution < 1.29 is 14.1 Å². The van der Waals surface area contributed by atoms with Crippen molar-refractivity contribution in [3.63, 3.8) is 0 Å². The number of nitrogens with one attached hydrogen (secondary N) is 1. The highest BCUT2D eigenvalue weighted by Crippen LogP contribution is 2.53. The van der Waals surface area contributed by atoms with Gasteiger partial charge < -0.3 is 14.2 Å². The molecule has 1 saturated heterocycles. The van der Waals surface area contributed by atoms with Crippen molar-refractivity contribution >= 4 is 28.8 Å². The minimum Gasteiger partial charge on any atom is -0.598 e. The van der Waals surface area contributed by atoms with E-state index in [1.807, 2.05) is 33.2 Å². The minimum absolute atomic E-state index is 0.0171. The van der Waals surface area contributed by atoms with Crippen LogP contribution in [0, 0.1) is 11.3 Å². The van der Waals surface area contributed by atoms with Gasteiger partial charge in [0.2, 0.25) is 0 Å². The van der Waals surface area contributed by atoms with Crippen molar-refractivity contribution in [2.75, 3.05) is 13.1 Å². The van der Waals surface area contributed by atoms with Gasteiger partial charge in [-0.05, 0) is 47.0 Å². The Morgan fingerprint density at radius 3 is 2.61 bits per heavy atom. The number of fused-ring (bicyclic) bond motifs is 1. The van der Waals surface area contributed by atoms with E-state index in [1.54, 1.807) is 16.2 Å². The van der Waals surface area contributed by atoms with Crippen molar-refractivity contribution in [3.05, 3.63) is 16.1 Å². The maximum Gasteiger partial charge on any atom is 0.410 e. The molecule has 1 aromatic heterocycles. The average molecular weight is 428 g/mol. The number of rotatable bonds is 4. The summed E-state index contributed by atoms with van der Waals surface area (Å²) >= 11 is 0.560. The van der Waals surface area contributed by atoms with Gasteiger partial charge in [0, 0.05) is 40.7 Å². The van der Waals surface area contributed by atoms with Crippen LogP contribution in [0.15, 0.2) is 5.51 Å². The van der Waals surface area contributed by atoms with Gasteiger partial charge in [-0.2, -0.15) is 0 Å². The molecular weight excluding hydrogens is 394 g/mol. The van der Waals surface area contributed by atoms with Gasteiger partial charge in [-0.3, -0.25) is 0 Å². The van der Waals surface area contributed by atoms with E-state index < -0.39 is 17.0 Å². The predicted octanol–water partition coefficient (Wildman–Crippen LogP) is 4.06. The molecule has 2 aliphatic rings. The van der Waals surface area contributed by atoms with Crippen LogP contribution in [0.2, 0.25) is 0 Å². The van der Waals surface area contributed by atoms with Crippen LogP contribution in [0.1, 0.15) is 71.0 Å². The SMILES string of the molecule is CC(C)C(C)[S+]([O-])N[C@@H]1c2ncsc2CC12CCN(C(=O)OC(C)(C)C)CC2. The lowest BCUT2D eigenvalue weighted by atomic mass is 9.74.